The molecular formula is C19H21NO4. The molecule has 126 valence electrons. The lowest BCUT2D eigenvalue weighted by atomic mass is 9.93. The van der Waals surface area contributed by atoms with Gasteiger partial charge < -0.3 is 15.9 Å². The molecule has 0 radical (unpaired) electrons. The van der Waals surface area contributed by atoms with Crippen LogP contribution in [0.1, 0.15) is 45.5 Å². The second kappa shape index (κ2) is 8.26. The molecule has 0 amide bonds. The highest BCUT2D eigenvalue weighted by Gasteiger charge is 2.11. The van der Waals surface area contributed by atoms with E-state index in [1.54, 1.807) is 42.5 Å². The van der Waals surface area contributed by atoms with Crippen LogP contribution in [0.5, 0.6) is 0 Å². The summed E-state index contributed by atoms with van der Waals surface area (Å²) in [4.78, 5) is 22.2. The Labute approximate surface area is 140 Å². The first-order valence-electron chi connectivity index (χ1n) is 7.93. The van der Waals surface area contributed by atoms with Gasteiger partial charge in [-0.15, -0.1) is 0 Å². The quantitative estimate of drug-likeness (QED) is 0.645. The topological polar surface area (TPSA) is 101 Å². The first-order chi connectivity index (χ1) is 11.5. The maximum absolute atomic E-state index is 11.2. The predicted octanol–water partition coefficient (Wildman–Crippen LogP) is 3.42. The van der Waals surface area contributed by atoms with Gasteiger partial charge in [0.05, 0.1) is 11.1 Å². The van der Waals surface area contributed by atoms with Gasteiger partial charge in [-0.3, -0.25) is 0 Å². The number of unbranched alkanes of at least 4 members (excludes halogenated alkanes) is 2. The van der Waals surface area contributed by atoms with Gasteiger partial charge in [0.25, 0.3) is 0 Å². The standard InChI is InChI=1S/C19H21NO4/c20-11-3-1-2-4-15-12-16(19(23)24)9-10-17(15)13-5-7-14(8-6-13)18(21)22/h5-10,12H,1-4,11,20H2,(H,21,22)(H,23,24). The van der Waals surface area contributed by atoms with Gasteiger partial charge >= 0.3 is 11.9 Å². The van der Waals surface area contributed by atoms with Crippen LogP contribution in [0, 0.1) is 0 Å². The molecule has 5 heteroatoms. The summed E-state index contributed by atoms with van der Waals surface area (Å²) in [6.45, 7) is 0.651. The van der Waals surface area contributed by atoms with Gasteiger partial charge in [0.15, 0.2) is 0 Å². The Kier molecular flexibility index (Phi) is 6.09. The zero-order valence-corrected chi connectivity index (χ0v) is 13.4. The lowest BCUT2D eigenvalue weighted by Gasteiger charge is -2.11. The number of aromatic carboxylic acids is 2. The highest BCUT2D eigenvalue weighted by Crippen LogP contribution is 2.27. The Bertz CT molecular complexity index is 723. The van der Waals surface area contributed by atoms with E-state index >= 15 is 0 Å². The second-order valence-electron chi connectivity index (χ2n) is 5.66. The van der Waals surface area contributed by atoms with E-state index in [9.17, 15) is 14.7 Å². The van der Waals surface area contributed by atoms with Crippen molar-refractivity contribution in [2.24, 2.45) is 5.73 Å². The molecule has 0 unspecified atom stereocenters. The molecule has 2 aromatic rings. The predicted molar refractivity (Wildman–Crippen MR) is 92.4 cm³/mol. The molecule has 0 aliphatic rings. The van der Waals surface area contributed by atoms with E-state index in [1.165, 1.54) is 0 Å². The van der Waals surface area contributed by atoms with Gasteiger partial charge in [0.1, 0.15) is 0 Å². The smallest absolute Gasteiger partial charge is 0.335 e. The molecule has 0 aliphatic carbocycles. The monoisotopic (exact) mass is 327 g/mol. The van der Waals surface area contributed by atoms with Crippen LogP contribution in [0.25, 0.3) is 11.1 Å². The highest BCUT2D eigenvalue weighted by atomic mass is 16.4. The van der Waals surface area contributed by atoms with Crippen molar-refractivity contribution in [1.82, 2.24) is 0 Å². The molecule has 0 saturated carbocycles. The van der Waals surface area contributed by atoms with Gasteiger partial charge in [-0.2, -0.15) is 0 Å². The number of nitrogens with two attached hydrogens (primary N) is 1. The van der Waals surface area contributed by atoms with Crippen molar-refractivity contribution in [3.8, 4) is 11.1 Å². The average Bonchev–Trinajstić information content (AvgIpc) is 2.58. The fourth-order valence-electron chi connectivity index (χ4n) is 2.64. The largest absolute Gasteiger partial charge is 0.478 e. The summed E-state index contributed by atoms with van der Waals surface area (Å²) in [5, 5.41) is 18.2. The third-order valence-corrected chi connectivity index (χ3v) is 3.95. The molecule has 0 spiro atoms. The normalized spacial score (nSPS) is 10.5. The molecule has 0 bridgehead atoms. The van der Waals surface area contributed by atoms with E-state index in [2.05, 4.69) is 0 Å². The van der Waals surface area contributed by atoms with Crippen LogP contribution in [0.3, 0.4) is 0 Å². The highest BCUT2D eigenvalue weighted by molar-refractivity contribution is 5.90. The minimum Gasteiger partial charge on any atom is -0.478 e. The molecule has 4 N–H and O–H groups in total. The van der Waals surface area contributed by atoms with Crippen LogP contribution in [0.15, 0.2) is 42.5 Å². The van der Waals surface area contributed by atoms with E-state index < -0.39 is 11.9 Å². The molecule has 0 saturated heterocycles. The second-order valence-corrected chi connectivity index (χ2v) is 5.66. The number of hydrogen-bond donors (Lipinski definition) is 3. The average molecular weight is 327 g/mol. The maximum atomic E-state index is 11.2. The van der Waals surface area contributed by atoms with Crippen molar-refractivity contribution in [2.45, 2.75) is 25.7 Å². The Morgan fingerprint density at radius 3 is 2.04 bits per heavy atom. The van der Waals surface area contributed by atoms with Crippen LogP contribution in [-0.2, 0) is 6.42 Å². The third kappa shape index (κ3) is 4.43. The molecule has 0 aromatic heterocycles. The summed E-state index contributed by atoms with van der Waals surface area (Å²) in [6, 6.07) is 11.7. The van der Waals surface area contributed by atoms with Crippen LogP contribution in [0.4, 0.5) is 0 Å². The number of carbonyl (C=O) groups is 2. The van der Waals surface area contributed by atoms with Gasteiger partial charge in [-0.1, -0.05) is 24.6 Å². The minimum atomic E-state index is -0.968. The summed E-state index contributed by atoms with van der Waals surface area (Å²) < 4.78 is 0. The van der Waals surface area contributed by atoms with Crippen LogP contribution >= 0.6 is 0 Å². The first-order valence-corrected chi connectivity index (χ1v) is 7.93. The molecule has 24 heavy (non-hydrogen) atoms. The Hall–Kier alpha value is -2.66. The molecule has 0 aliphatic heterocycles. The zero-order valence-electron chi connectivity index (χ0n) is 13.4. The lowest BCUT2D eigenvalue weighted by Crippen LogP contribution is -2.01. The summed E-state index contributed by atoms with van der Waals surface area (Å²) in [5.41, 5.74) is 8.76. The Morgan fingerprint density at radius 1 is 0.833 bits per heavy atom. The van der Waals surface area contributed by atoms with Crippen LogP contribution < -0.4 is 5.73 Å². The van der Waals surface area contributed by atoms with E-state index in [0.29, 0.717) is 6.54 Å². The summed E-state index contributed by atoms with van der Waals surface area (Å²) in [5.74, 6) is -1.92. The van der Waals surface area contributed by atoms with Crippen molar-refractivity contribution in [3.05, 3.63) is 59.2 Å². The number of benzene rings is 2. The number of aryl methyl sites for hydroxylation is 1. The van der Waals surface area contributed by atoms with Crippen molar-refractivity contribution >= 4 is 11.9 Å². The fourth-order valence-corrected chi connectivity index (χ4v) is 2.64. The van der Waals surface area contributed by atoms with Gasteiger partial charge in [-0.05, 0) is 66.8 Å². The number of carboxylic acids is 2. The van der Waals surface area contributed by atoms with Crippen molar-refractivity contribution in [3.63, 3.8) is 0 Å². The lowest BCUT2D eigenvalue weighted by molar-refractivity contribution is 0.0686. The Morgan fingerprint density at radius 2 is 1.46 bits per heavy atom. The SMILES string of the molecule is NCCCCCc1cc(C(=O)O)ccc1-c1ccc(C(=O)O)cc1. The molecular weight excluding hydrogens is 306 g/mol. The van der Waals surface area contributed by atoms with Crippen LogP contribution in [-0.4, -0.2) is 28.7 Å². The van der Waals surface area contributed by atoms with E-state index in [1.807, 2.05) is 0 Å². The summed E-state index contributed by atoms with van der Waals surface area (Å²) in [6.07, 6.45) is 3.63. The molecule has 2 aromatic carbocycles. The van der Waals surface area contributed by atoms with E-state index in [0.717, 1.165) is 42.4 Å². The maximum Gasteiger partial charge on any atom is 0.335 e. The van der Waals surface area contributed by atoms with Crippen molar-refractivity contribution in [2.75, 3.05) is 6.54 Å². The number of hydrogen-bond acceptors (Lipinski definition) is 3. The summed E-state index contributed by atoms with van der Waals surface area (Å²) >= 11 is 0. The molecule has 0 atom stereocenters. The van der Waals surface area contributed by atoms with Crippen LogP contribution in [0.2, 0.25) is 0 Å². The minimum absolute atomic E-state index is 0.227. The Balaban J connectivity index is 2.32. The zero-order chi connectivity index (χ0) is 17.5. The van der Waals surface area contributed by atoms with Gasteiger partial charge in [0, 0.05) is 0 Å². The van der Waals surface area contributed by atoms with Crippen molar-refractivity contribution in [1.29, 1.82) is 0 Å². The van der Waals surface area contributed by atoms with E-state index in [4.69, 9.17) is 10.8 Å². The number of carboxylic acid groups (broad SMARTS) is 2. The van der Waals surface area contributed by atoms with Gasteiger partial charge in [0.2, 0.25) is 0 Å². The first kappa shape index (κ1) is 17.7. The van der Waals surface area contributed by atoms with E-state index in [-0.39, 0.29) is 11.1 Å². The van der Waals surface area contributed by atoms with Crippen molar-refractivity contribution < 1.29 is 19.8 Å². The summed E-state index contributed by atoms with van der Waals surface area (Å²) in [7, 11) is 0. The molecule has 0 heterocycles. The molecule has 0 fully saturated rings. The third-order valence-electron chi connectivity index (χ3n) is 3.95. The number of rotatable bonds is 8. The molecule has 5 nitrogen and oxygen atoms in total. The molecule has 2 rings (SSSR count). The fraction of sp³-hybridized carbons (Fsp3) is 0.263. The van der Waals surface area contributed by atoms with Gasteiger partial charge in [-0.25, -0.2) is 9.59 Å².